The Labute approximate surface area is 128 Å². The monoisotopic (exact) mass is 297 g/mol. The molecule has 1 aliphatic rings. The number of hydrogen-bond donors (Lipinski definition) is 2. The van der Waals surface area contributed by atoms with Gasteiger partial charge in [-0.3, -0.25) is 9.59 Å². The first-order valence-corrected chi connectivity index (χ1v) is 8.65. The standard InChI is InChI=1S/C17H31NO3/c1-2-3-4-5-6-7-8-12-16(19)18-15-11-9-10-14(13-15)17(20)21/h14-15H,2-13H2,1H3,(H,18,19)(H,20,21). The highest BCUT2D eigenvalue weighted by Crippen LogP contribution is 2.24. The van der Waals surface area contributed by atoms with Crippen LogP contribution in [0.2, 0.25) is 0 Å². The van der Waals surface area contributed by atoms with Crippen LogP contribution in [-0.4, -0.2) is 23.0 Å². The lowest BCUT2D eigenvalue weighted by atomic mass is 9.86. The van der Waals surface area contributed by atoms with Gasteiger partial charge in [0.15, 0.2) is 0 Å². The molecule has 1 aliphatic carbocycles. The van der Waals surface area contributed by atoms with E-state index >= 15 is 0 Å². The summed E-state index contributed by atoms with van der Waals surface area (Å²) in [4.78, 5) is 22.9. The Balaban J connectivity index is 2.06. The number of carboxylic acids is 1. The predicted octanol–water partition coefficient (Wildman–Crippen LogP) is 3.89. The first kappa shape index (κ1) is 18.0. The average Bonchev–Trinajstić information content (AvgIpc) is 2.46. The molecule has 1 rings (SSSR count). The largest absolute Gasteiger partial charge is 0.481 e. The predicted molar refractivity (Wildman–Crippen MR) is 84.1 cm³/mol. The van der Waals surface area contributed by atoms with Gasteiger partial charge >= 0.3 is 5.97 Å². The van der Waals surface area contributed by atoms with E-state index in [0.717, 1.165) is 32.1 Å². The fourth-order valence-electron chi connectivity index (χ4n) is 3.09. The van der Waals surface area contributed by atoms with E-state index in [9.17, 15) is 9.59 Å². The molecular formula is C17H31NO3. The highest BCUT2D eigenvalue weighted by atomic mass is 16.4. The Morgan fingerprint density at radius 2 is 1.71 bits per heavy atom. The second kappa shape index (κ2) is 10.6. The van der Waals surface area contributed by atoms with Crippen molar-refractivity contribution < 1.29 is 14.7 Å². The lowest BCUT2D eigenvalue weighted by Crippen LogP contribution is -2.39. The number of amides is 1. The van der Waals surface area contributed by atoms with Crippen molar-refractivity contribution in [2.24, 2.45) is 5.92 Å². The van der Waals surface area contributed by atoms with Gasteiger partial charge in [-0.2, -0.15) is 0 Å². The van der Waals surface area contributed by atoms with Crippen LogP contribution < -0.4 is 5.32 Å². The van der Waals surface area contributed by atoms with Crippen molar-refractivity contribution in [2.75, 3.05) is 0 Å². The molecule has 1 saturated carbocycles. The van der Waals surface area contributed by atoms with Crippen LogP contribution in [0.25, 0.3) is 0 Å². The number of rotatable bonds is 10. The molecule has 0 radical (unpaired) electrons. The molecule has 2 N–H and O–H groups in total. The van der Waals surface area contributed by atoms with Crippen LogP contribution in [0.4, 0.5) is 0 Å². The third-order valence-electron chi connectivity index (χ3n) is 4.40. The van der Waals surface area contributed by atoms with E-state index in [4.69, 9.17) is 5.11 Å². The maximum atomic E-state index is 11.9. The summed E-state index contributed by atoms with van der Waals surface area (Å²) in [6, 6.07) is 0.0666. The highest BCUT2D eigenvalue weighted by molar-refractivity contribution is 5.76. The van der Waals surface area contributed by atoms with Gasteiger partial charge in [-0.25, -0.2) is 0 Å². The first-order valence-electron chi connectivity index (χ1n) is 8.65. The molecular weight excluding hydrogens is 266 g/mol. The molecule has 0 heterocycles. The Kier molecular flexibility index (Phi) is 9.11. The number of hydrogen-bond acceptors (Lipinski definition) is 2. The van der Waals surface area contributed by atoms with Crippen LogP contribution in [0, 0.1) is 5.92 Å². The number of nitrogens with one attached hydrogen (secondary N) is 1. The lowest BCUT2D eigenvalue weighted by Gasteiger charge is -2.27. The van der Waals surface area contributed by atoms with E-state index in [2.05, 4.69) is 12.2 Å². The summed E-state index contributed by atoms with van der Waals surface area (Å²) in [5.41, 5.74) is 0. The van der Waals surface area contributed by atoms with Crippen molar-refractivity contribution in [1.29, 1.82) is 0 Å². The first-order chi connectivity index (χ1) is 10.1. The van der Waals surface area contributed by atoms with Gasteiger partial charge in [0.05, 0.1) is 5.92 Å². The molecule has 122 valence electrons. The van der Waals surface area contributed by atoms with Crippen molar-refractivity contribution in [3.8, 4) is 0 Å². The van der Waals surface area contributed by atoms with Gasteiger partial charge in [-0.1, -0.05) is 51.9 Å². The van der Waals surface area contributed by atoms with Crippen molar-refractivity contribution in [3.05, 3.63) is 0 Å². The van der Waals surface area contributed by atoms with E-state index < -0.39 is 5.97 Å². The number of carbonyl (C=O) groups excluding carboxylic acids is 1. The van der Waals surface area contributed by atoms with Gasteiger partial charge in [0.25, 0.3) is 0 Å². The van der Waals surface area contributed by atoms with Crippen LogP contribution in [0.5, 0.6) is 0 Å². The maximum absolute atomic E-state index is 11.9. The van der Waals surface area contributed by atoms with Crippen LogP contribution in [0.15, 0.2) is 0 Å². The molecule has 1 amide bonds. The zero-order valence-electron chi connectivity index (χ0n) is 13.4. The molecule has 4 heteroatoms. The van der Waals surface area contributed by atoms with Crippen molar-refractivity contribution in [3.63, 3.8) is 0 Å². The molecule has 0 saturated heterocycles. The normalized spacial score (nSPS) is 22.0. The number of unbranched alkanes of at least 4 members (excludes halogenated alkanes) is 6. The fraction of sp³-hybridized carbons (Fsp3) is 0.882. The van der Waals surface area contributed by atoms with E-state index in [-0.39, 0.29) is 17.9 Å². The summed E-state index contributed by atoms with van der Waals surface area (Å²) in [5.74, 6) is -0.900. The topological polar surface area (TPSA) is 66.4 Å². The van der Waals surface area contributed by atoms with Crippen LogP contribution in [-0.2, 0) is 9.59 Å². The van der Waals surface area contributed by atoms with Gasteiger partial charge in [0.1, 0.15) is 0 Å². The number of carbonyl (C=O) groups is 2. The summed E-state index contributed by atoms with van der Waals surface area (Å²) >= 11 is 0. The van der Waals surface area contributed by atoms with Gasteiger partial charge in [-0.05, 0) is 25.7 Å². The fourth-order valence-corrected chi connectivity index (χ4v) is 3.09. The van der Waals surface area contributed by atoms with E-state index in [0.29, 0.717) is 12.8 Å². The Hall–Kier alpha value is -1.06. The summed E-state index contributed by atoms with van der Waals surface area (Å²) < 4.78 is 0. The Morgan fingerprint density at radius 3 is 2.38 bits per heavy atom. The summed E-state index contributed by atoms with van der Waals surface area (Å²) in [7, 11) is 0. The minimum absolute atomic E-state index is 0.0666. The number of carboxylic acid groups (broad SMARTS) is 1. The molecule has 0 aromatic rings. The van der Waals surface area contributed by atoms with Crippen LogP contribution >= 0.6 is 0 Å². The molecule has 0 aromatic heterocycles. The zero-order valence-corrected chi connectivity index (χ0v) is 13.4. The average molecular weight is 297 g/mol. The van der Waals surface area contributed by atoms with Crippen molar-refractivity contribution in [2.45, 2.75) is 90.0 Å². The van der Waals surface area contributed by atoms with Crippen molar-refractivity contribution in [1.82, 2.24) is 5.32 Å². The summed E-state index contributed by atoms with van der Waals surface area (Å²) in [6.45, 7) is 2.21. The van der Waals surface area contributed by atoms with E-state index in [1.807, 2.05) is 0 Å². The number of aliphatic carboxylic acids is 1. The van der Waals surface area contributed by atoms with Crippen molar-refractivity contribution >= 4 is 11.9 Å². The smallest absolute Gasteiger partial charge is 0.306 e. The van der Waals surface area contributed by atoms with E-state index in [1.54, 1.807) is 0 Å². The third kappa shape index (κ3) is 8.08. The second-order valence-electron chi connectivity index (χ2n) is 6.34. The van der Waals surface area contributed by atoms with Crippen LogP contribution in [0.1, 0.15) is 84.0 Å². The lowest BCUT2D eigenvalue weighted by molar-refractivity contribution is -0.143. The molecule has 2 atom stereocenters. The van der Waals surface area contributed by atoms with Gasteiger partial charge < -0.3 is 10.4 Å². The van der Waals surface area contributed by atoms with Gasteiger partial charge in [0, 0.05) is 12.5 Å². The third-order valence-corrected chi connectivity index (χ3v) is 4.40. The minimum Gasteiger partial charge on any atom is -0.481 e. The second-order valence-corrected chi connectivity index (χ2v) is 6.34. The zero-order chi connectivity index (χ0) is 15.5. The molecule has 0 bridgehead atoms. The quantitative estimate of drug-likeness (QED) is 0.601. The summed E-state index contributed by atoms with van der Waals surface area (Å²) in [6.07, 6.45) is 12.2. The SMILES string of the molecule is CCCCCCCCCC(=O)NC1CCCC(C(=O)O)C1. The van der Waals surface area contributed by atoms with Gasteiger partial charge in [-0.15, -0.1) is 0 Å². The molecule has 21 heavy (non-hydrogen) atoms. The maximum Gasteiger partial charge on any atom is 0.306 e. The van der Waals surface area contributed by atoms with Crippen LogP contribution in [0.3, 0.4) is 0 Å². The molecule has 0 spiro atoms. The molecule has 2 unspecified atom stereocenters. The van der Waals surface area contributed by atoms with Gasteiger partial charge in [0.2, 0.25) is 5.91 Å². The minimum atomic E-state index is -0.721. The molecule has 0 aromatic carbocycles. The molecule has 0 aliphatic heterocycles. The summed E-state index contributed by atoms with van der Waals surface area (Å²) in [5, 5.41) is 12.1. The Morgan fingerprint density at radius 1 is 1.05 bits per heavy atom. The Bertz CT molecular complexity index is 317. The highest BCUT2D eigenvalue weighted by Gasteiger charge is 2.27. The molecule has 4 nitrogen and oxygen atoms in total. The molecule has 1 fully saturated rings. The van der Waals surface area contributed by atoms with E-state index in [1.165, 1.54) is 32.1 Å².